The molecule has 1 unspecified atom stereocenters. The molecule has 18 heavy (non-hydrogen) atoms. The van der Waals surface area contributed by atoms with Crippen molar-refractivity contribution in [3.05, 3.63) is 18.3 Å². The van der Waals surface area contributed by atoms with Crippen LogP contribution in [0.3, 0.4) is 0 Å². The van der Waals surface area contributed by atoms with Crippen molar-refractivity contribution < 1.29 is 8.42 Å². The zero-order valence-corrected chi connectivity index (χ0v) is 12.3. The van der Waals surface area contributed by atoms with Crippen LogP contribution in [0.4, 0.5) is 5.82 Å². The maximum Gasteiger partial charge on any atom is 0.244 e. The van der Waals surface area contributed by atoms with E-state index >= 15 is 0 Å². The molecule has 1 N–H and O–H groups in total. The van der Waals surface area contributed by atoms with E-state index in [0.717, 1.165) is 0 Å². The maximum atomic E-state index is 11.8. The summed E-state index contributed by atoms with van der Waals surface area (Å²) in [7, 11) is -0.391. The predicted molar refractivity (Wildman–Crippen MR) is 73.0 cm³/mol. The number of rotatable bonds is 5. The molecule has 1 rings (SSSR count). The lowest BCUT2D eigenvalue weighted by atomic mass is 10.1. The topological polar surface area (TPSA) is 62.3 Å². The molecule has 0 fully saturated rings. The van der Waals surface area contributed by atoms with Crippen LogP contribution < -0.4 is 5.32 Å². The van der Waals surface area contributed by atoms with Gasteiger partial charge in [-0.25, -0.2) is 17.7 Å². The first-order valence-corrected chi connectivity index (χ1v) is 7.34. The second kappa shape index (κ2) is 5.67. The second-order valence-corrected chi connectivity index (χ2v) is 7.00. The van der Waals surface area contributed by atoms with E-state index in [1.54, 1.807) is 12.1 Å². The monoisotopic (exact) mass is 271 g/mol. The van der Waals surface area contributed by atoms with Gasteiger partial charge in [-0.15, -0.1) is 0 Å². The molecule has 0 aliphatic carbocycles. The Morgan fingerprint density at radius 2 is 1.83 bits per heavy atom. The highest BCUT2D eigenvalue weighted by molar-refractivity contribution is 7.89. The standard InChI is InChI=1S/C12H21N3O2S/c1-9(2)10(3)14-12-7-6-11(8-13-12)18(16,17)15(4)5/h6-10H,1-5H3,(H,13,14). The summed E-state index contributed by atoms with van der Waals surface area (Å²) in [4.78, 5) is 4.34. The summed E-state index contributed by atoms with van der Waals surface area (Å²) in [6, 6.07) is 3.54. The number of sulfonamides is 1. The molecule has 0 saturated carbocycles. The number of nitrogens with zero attached hydrogens (tertiary/aromatic N) is 2. The average Bonchev–Trinajstić information content (AvgIpc) is 2.29. The van der Waals surface area contributed by atoms with Gasteiger partial charge in [0.2, 0.25) is 10.0 Å². The highest BCUT2D eigenvalue weighted by Crippen LogP contribution is 2.15. The Kier molecular flexibility index (Phi) is 4.70. The fourth-order valence-corrected chi connectivity index (χ4v) is 2.08. The van der Waals surface area contributed by atoms with Crippen LogP contribution in [0.15, 0.2) is 23.2 Å². The summed E-state index contributed by atoms with van der Waals surface area (Å²) in [5, 5.41) is 3.23. The molecule has 0 radical (unpaired) electrons. The van der Waals surface area contributed by atoms with E-state index in [4.69, 9.17) is 0 Å². The lowest BCUT2D eigenvalue weighted by Gasteiger charge is -2.18. The van der Waals surface area contributed by atoms with Crippen LogP contribution >= 0.6 is 0 Å². The molecule has 1 heterocycles. The summed E-state index contributed by atoms with van der Waals surface area (Å²) in [5.41, 5.74) is 0. The number of aromatic nitrogens is 1. The maximum absolute atomic E-state index is 11.8. The third kappa shape index (κ3) is 3.43. The molecule has 5 nitrogen and oxygen atoms in total. The van der Waals surface area contributed by atoms with Crippen molar-refractivity contribution in [2.75, 3.05) is 19.4 Å². The third-order valence-corrected chi connectivity index (χ3v) is 4.69. The van der Waals surface area contributed by atoms with Crippen LogP contribution in [-0.2, 0) is 10.0 Å². The molecular formula is C12H21N3O2S. The molecule has 0 bridgehead atoms. The Hall–Kier alpha value is -1.14. The van der Waals surface area contributed by atoms with Crippen molar-refractivity contribution in [3.63, 3.8) is 0 Å². The van der Waals surface area contributed by atoms with Crippen LogP contribution in [0.1, 0.15) is 20.8 Å². The normalized spacial score (nSPS) is 13.9. The first-order valence-electron chi connectivity index (χ1n) is 5.90. The van der Waals surface area contributed by atoms with E-state index in [9.17, 15) is 8.42 Å². The van der Waals surface area contributed by atoms with Gasteiger partial charge in [-0.1, -0.05) is 13.8 Å². The molecule has 1 aromatic rings. The van der Waals surface area contributed by atoms with Gasteiger partial charge in [0.1, 0.15) is 10.7 Å². The minimum absolute atomic E-state index is 0.204. The zero-order valence-electron chi connectivity index (χ0n) is 11.5. The summed E-state index contributed by atoms with van der Waals surface area (Å²) in [6.45, 7) is 6.29. The SMILES string of the molecule is CC(C)C(C)Nc1ccc(S(=O)(=O)N(C)C)cn1. The van der Waals surface area contributed by atoms with Crippen molar-refractivity contribution in [2.45, 2.75) is 31.7 Å². The Morgan fingerprint density at radius 1 is 1.22 bits per heavy atom. The van der Waals surface area contributed by atoms with Gasteiger partial charge in [0, 0.05) is 26.3 Å². The molecular weight excluding hydrogens is 250 g/mol. The van der Waals surface area contributed by atoms with Crippen molar-refractivity contribution in [3.8, 4) is 0 Å². The van der Waals surface area contributed by atoms with E-state index in [0.29, 0.717) is 11.7 Å². The Balaban J connectivity index is 2.88. The fraction of sp³-hybridized carbons (Fsp3) is 0.583. The summed E-state index contributed by atoms with van der Waals surface area (Å²) >= 11 is 0. The van der Waals surface area contributed by atoms with E-state index in [1.807, 2.05) is 0 Å². The van der Waals surface area contributed by atoms with Crippen LogP contribution in [0, 0.1) is 5.92 Å². The second-order valence-electron chi connectivity index (χ2n) is 4.84. The largest absolute Gasteiger partial charge is 0.367 e. The smallest absolute Gasteiger partial charge is 0.244 e. The fourth-order valence-electron chi connectivity index (χ4n) is 1.23. The van der Waals surface area contributed by atoms with Crippen LogP contribution in [0.2, 0.25) is 0 Å². The molecule has 0 saturated heterocycles. The first-order chi connectivity index (χ1) is 8.25. The van der Waals surface area contributed by atoms with Crippen molar-refractivity contribution in [1.29, 1.82) is 0 Å². The van der Waals surface area contributed by atoms with Crippen LogP contribution in [0.25, 0.3) is 0 Å². The molecule has 1 aromatic heterocycles. The molecule has 0 aliphatic rings. The minimum atomic E-state index is -3.40. The van der Waals surface area contributed by atoms with Crippen LogP contribution in [-0.4, -0.2) is 37.8 Å². The number of hydrogen-bond acceptors (Lipinski definition) is 4. The Morgan fingerprint density at radius 3 is 2.22 bits per heavy atom. The van der Waals surface area contributed by atoms with Crippen LogP contribution in [0.5, 0.6) is 0 Å². The van der Waals surface area contributed by atoms with Gasteiger partial charge in [-0.2, -0.15) is 0 Å². The lowest BCUT2D eigenvalue weighted by Crippen LogP contribution is -2.23. The first kappa shape index (κ1) is 14.9. The highest BCUT2D eigenvalue weighted by Gasteiger charge is 2.17. The number of nitrogens with one attached hydrogen (secondary N) is 1. The lowest BCUT2D eigenvalue weighted by molar-refractivity contribution is 0.520. The molecule has 0 aromatic carbocycles. The number of anilines is 1. The molecule has 6 heteroatoms. The molecule has 0 spiro atoms. The minimum Gasteiger partial charge on any atom is -0.367 e. The molecule has 102 valence electrons. The van der Waals surface area contributed by atoms with E-state index in [1.165, 1.54) is 24.6 Å². The molecule has 1 atom stereocenters. The molecule has 0 amide bonds. The molecule has 0 aliphatic heterocycles. The van der Waals surface area contributed by atoms with Gasteiger partial charge in [0.25, 0.3) is 0 Å². The van der Waals surface area contributed by atoms with Gasteiger partial charge in [-0.05, 0) is 25.0 Å². The van der Waals surface area contributed by atoms with E-state index < -0.39 is 10.0 Å². The summed E-state index contributed by atoms with van der Waals surface area (Å²) in [6.07, 6.45) is 1.38. The summed E-state index contributed by atoms with van der Waals surface area (Å²) < 4.78 is 24.9. The average molecular weight is 271 g/mol. The Labute approximate surface area is 109 Å². The Bertz CT molecular complexity index is 481. The third-order valence-electron chi connectivity index (χ3n) is 2.89. The summed E-state index contributed by atoms with van der Waals surface area (Å²) in [5.74, 6) is 1.17. The van der Waals surface area contributed by atoms with Gasteiger partial charge in [0.15, 0.2) is 0 Å². The van der Waals surface area contributed by atoms with Gasteiger partial charge >= 0.3 is 0 Å². The van der Waals surface area contributed by atoms with Crippen molar-refractivity contribution >= 4 is 15.8 Å². The zero-order chi connectivity index (χ0) is 13.9. The number of hydrogen-bond donors (Lipinski definition) is 1. The quantitative estimate of drug-likeness (QED) is 0.887. The van der Waals surface area contributed by atoms with Crippen molar-refractivity contribution in [1.82, 2.24) is 9.29 Å². The van der Waals surface area contributed by atoms with Gasteiger partial charge in [-0.3, -0.25) is 0 Å². The number of pyridine rings is 1. The van der Waals surface area contributed by atoms with Gasteiger partial charge in [0.05, 0.1) is 0 Å². The van der Waals surface area contributed by atoms with Crippen molar-refractivity contribution in [2.24, 2.45) is 5.92 Å². The van der Waals surface area contributed by atoms with Gasteiger partial charge < -0.3 is 5.32 Å². The van der Waals surface area contributed by atoms with E-state index in [2.05, 4.69) is 31.1 Å². The predicted octanol–water partition coefficient (Wildman–Crippen LogP) is 1.79. The highest BCUT2D eigenvalue weighted by atomic mass is 32.2. The van der Waals surface area contributed by atoms with E-state index in [-0.39, 0.29) is 10.9 Å².